The minimum absolute atomic E-state index is 0.0671. The maximum Gasteiger partial charge on any atom is 0.353 e. The van der Waals surface area contributed by atoms with Crippen LogP contribution < -0.4 is 9.80 Å². The van der Waals surface area contributed by atoms with Crippen LogP contribution in [0.1, 0.15) is 26.3 Å². The van der Waals surface area contributed by atoms with E-state index in [-0.39, 0.29) is 23.9 Å². The minimum Gasteiger partial charge on any atom is -0.459 e. The van der Waals surface area contributed by atoms with Crippen LogP contribution >= 0.6 is 0 Å². The number of benzene rings is 1. The Balaban J connectivity index is 2.21. The molecule has 0 spiro atoms. The predicted molar refractivity (Wildman–Crippen MR) is 111 cm³/mol. The van der Waals surface area contributed by atoms with E-state index in [0.717, 1.165) is 5.56 Å². The molecule has 0 saturated heterocycles. The first kappa shape index (κ1) is 22.1. The molecular formula is C20H27N5O4. The van der Waals surface area contributed by atoms with Crippen LogP contribution in [0.5, 0.6) is 0 Å². The van der Waals surface area contributed by atoms with E-state index >= 15 is 0 Å². The first-order valence-electron chi connectivity index (χ1n) is 9.26. The van der Waals surface area contributed by atoms with Gasteiger partial charge in [0.05, 0.1) is 4.92 Å². The van der Waals surface area contributed by atoms with E-state index in [1.807, 2.05) is 30.3 Å². The number of likely N-dealkylation sites (N-methyl/N-ethyl adjacent to an activating group) is 2. The highest BCUT2D eigenvalue weighted by atomic mass is 16.6. The quantitative estimate of drug-likeness (QED) is 0.378. The highest BCUT2D eigenvalue weighted by Gasteiger charge is 2.29. The number of carbonyl (C=O) groups is 1. The van der Waals surface area contributed by atoms with Gasteiger partial charge in [0.2, 0.25) is 11.6 Å². The van der Waals surface area contributed by atoms with Gasteiger partial charge in [-0.1, -0.05) is 30.3 Å². The topological polar surface area (TPSA) is 102 Å². The maximum atomic E-state index is 12.1. The fraction of sp³-hybridized carbons (Fsp3) is 0.450. The summed E-state index contributed by atoms with van der Waals surface area (Å²) < 4.78 is 5.29. The Morgan fingerprint density at radius 3 is 2.24 bits per heavy atom. The van der Waals surface area contributed by atoms with Gasteiger partial charge >= 0.3 is 11.7 Å². The molecule has 0 radical (unpaired) electrons. The van der Waals surface area contributed by atoms with E-state index in [0.29, 0.717) is 13.0 Å². The Hall–Kier alpha value is -3.23. The minimum atomic E-state index is -0.641. The molecule has 0 saturated carbocycles. The summed E-state index contributed by atoms with van der Waals surface area (Å²) in [5, 5.41) is 11.8. The van der Waals surface area contributed by atoms with Gasteiger partial charge in [0.1, 0.15) is 18.5 Å². The molecule has 156 valence electrons. The molecule has 9 heteroatoms. The zero-order valence-corrected chi connectivity index (χ0v) is 17.5. The molecule has 0 fully saturated rings. The highest BCUT2D eigenvalue weighted by Crippen LogP contribution is 2.33. The van der Waals surface area contributed by atoms with Crippen LogP contribution in [-0.4, -0.2) is 53.6 Å². The molecule has 9 nitrogen and oxygen atoms in total. The Morgan fingerprint density at radius 1 is 1.10 bits per heavy atom. The van der Waals surface area contributed by atoms with Crippen molar-refractivity contribution in [2.45, 2.75) is 32.8 Å². The second kappa shape index (κ2) is 9.31. The summed E-state index contributed by atoms with van der Waals surface area (Å²) in [6, 6.07) is 9.85. The largest absolute Gasteiger partial charge is 0.459 e. The van der Waals surface area contributed by atoms with Crippen LogP contribution in [0.15, 0.2) is 36.7 Å². The Labute approximate surface area is 170 Å². The zero-order valence-electron chi connectivity index (χ0n) is 17.5. The highest BCUT2D eigenvalue weighted by molar-refractivity contribution is 5.79. The van der Waals surface area contributed by atoms with Gasteiger partial charge in [0, 0.05) is 20.6 Å². The number of carbonyl (C=O) groups excluding carboxylic acids is 1. The lowest BCUT2D eigenvalue weighted by Gasteiger charge is -2.24. The number of rotatable bonds is 8. The number of anilines is 2. The van der Waals surface area contributed by atoms with E-state index in [4.69, 9.17) is 4.74 Å². The van der Waals surface area contributed by atoms with Crippen molar-refractivity contribution in [1.29, 1.82) is 0 Å². The summed E-state index contributed by atoms with van der Waals surface area (Å²) in [6.45, 7) is 5.66. The molecule has 0 aliphatic heterocycles. The number of aromatic nitrogens is 2. The number of nitro groups is 1. The van der Waals surface area contributed by atoms with E-state index in [2.05, 4.69) is 9.97 Å². The molecule has 0 unspecified atom stereocenters. The van der Waals surface area contributed by atoms with Gasteiger partial charge in [0.15, 0.2) is 0 Å². The number of hydrogen-bond donors (Lipinski definition) is 0. The fourth-order valence-electron chi connectivity index (χ4n) is 2.77. The van der Waals surface area contributed by atoms with Crippen molar-refractivity contribution in [3.8, 4) is 0 Å². The second-order valence-corrected chi connectivity index (χ2v) is 7.73. The van der Waals surface area contributed by atoms with Crippen LogP contribution in [0.2, 0.25) is 0 Å². The second-order valence-electron chi connectivity index (χ2n) is 7.73. The third kappa shape index (κ3) is 6.41. The molecule has 2 rings (SSSR count). The molecule has 1 aromatic carbocycles. The third-order valence-corrected chi connectivity index (χ3v) is 4.05. The van der Waals surface area contributed by atoms with Crippen molar-refractivity contribution in [3.63, 3.8) is 0 Å². The summed E-state index contributed by atoms with van der Waals surface area (Å²) in [7, 11) is 3.31. The van der Waals surface area contributed by atoms with E-state index in [1.165, 1.54) is 11.2 Å². The summed E-state index contributed by atoms with van der Waals surface area (Å²) in [5.74, 6) is -0.226. The molecule has 0 bridgehead atoms. The average molecular weight is 401 g/mol. The van der Waals surface area contributed by atoms with Crippen LogP contribution in [0.3, 0.4) is 0 Å². The summed E-state index contributed by atoms with van der Waals surface area (Å²) in [4.78, 5) is 34.7. The van der Waals surface area contributed by atoms with Crippen molar-refractivity contribution in [1.82, 2.24) is 9.97 Å². The molecule has 0 amide bonds. The van der Waals surface area contributed by atoms with Crippen molar-refractivity contribution >= 4 is 23.3 Å². The summed E-state index contributed by atoms with van der Waals surface area (Å²) in [6.07, 6.45) is 1.98. The molecule has 1 heterocycles. The Morgan fingerprint density at radius 2 is 1.69 bits per heavy atom. The van der Waals surface area contributed by atoms with Gasteiger partial charge < -0.3 is 14.5 Å². The summed E-state index contributed by atoms with van der Waals surface area (Å²) >= 11 is 0. The van der Waals surface area contributed by atoms with Gasteiger partial charge in [-0.25, -0.2) is 9.97 Å². The molecule has 0 atom stereocenters. The normalized spacial score (nSPS) is 11.1. The monoisotopic (exact) mass is 401 g/mol. The fourth-order valence-corrected chi connectivity index (χ4v) is 2.77. The van der Waals surface area contributed by atoms with Crippen molar-refractivity contribution in [2.24, 2.45) is 0 Å². The smallest absolute Gasteiger partial charge is 0.353 e. The molecule has 0 aliphatic rings. The SMILES string of the molecule is CN(CCc1ccccc1)c1ncnc(N(C)CC(=O)OC(C)(C)C)c1[N+](=O)[O-]. The molecule has 0 aliphatic carbocycles. The standard InChI is InChI=1S/C20H27N5O4/c1-20(2,3)29-16(26)13-24(5)19-17(25(27)28)18(21-14-22-19)23(4)12-11-15-9-7-6-8-10-15/h6-10,14H,11-13H2,1-5H3. The van der Waals surface area contributed by atoms with Gasteiger partial charge in [-0.15, -0.1) is 0 Å². The maximum absolute atomic E-state index is 12.1. The molecular weight excluding hydrogens is 374 g/mol. The zero-order chi connectivity index (χ0) is 21.6. The van der Waals surface area contributed by atoms with E-state index < -0.39 is 16.5 Å². The average Bonchev–Trinajstić information content (AvgIpc) is 2.64. The third-order valence-electron chi connectivity index (χ3n) is 4.05. The number of hydrogen-bond acceptors (Lipinski definition) is 8. The van der Waals surface area contributed by atoms with Gasteiger partial charge in [-0.3, -0.25) is 14.9 Å². The van der Waals surface area contributed by atoms with Crippen LogP contribution in [-0.2, 0) is 16.0 Å². The van der Waals surface area contributed by atoms with Crippen LogP contribution in [0, 0.1) is 10.1 Å². The number of esters is 1. The van der Waals surface area contributed by atoms with E-state index in [9.17, 15) is 14.9 Å². The van der Waals surface area contributed by atoms with Crippen molar-refractivity contribution in [3.05, 3.63) is 52.3 Å². The van der Waals surface area contributed by atoms with Crippen LogP contribution in [0.25, 0.3) is 0 Å². The van der Waals surface area contributed by atoms with Gasteiger partial charge in [-0.2, -0.15) is 0 Å². The molecule has 0 N–H and O–H groups in total. The van der Waals surface area contributed by atoms with Crippen molar-refractivity contribution < 1.29 is 14.5 Å². The van der Waals surface area contributed by atoms with Gasteiger partial charge in [0.25, 0.3) is 0 Å². The Kier molecular flexibility index (Phi) is 7.08. The Bertz CT molecular complexity index is 852. The van der Waals surface area contributed by atoms with Crippen LogP contribution in [0.4, 0.5) is 17.3 Å². The molecule has 2 aromatic rings. The molecule has 29 heavy (non-hydrogen) atoms. The first-order chi connectivity index (χ1) is 13.6. The summed E-state index contributed by atoms with van der Waals surface area (Å²) in [5.41, 5.74) is 0.241. The lowest BCUT2D eigenvalue weighted by atomic mass is 10.1. The first-order valence-corrected chi connectivity index (χ1v) is 9.26. The predicted octanol–water partition coefficient (Wildman–Crippen LogP) is 2.84. The van der Waals surface area contributed by atoms with E-state index in [1.54, 1.807) is 39.8 Å². The number of ether oxygens (including phenoxy) is 1. The molecule has 1 aromatic heterocycles. The lowest BCUT2D eigenvalue weighted by Crippen LogP contribution is -2.33. The van der Waals surface area contributed by atoms with Gasteiger partial charge in [-0.05, 0) is 32.8 Å². The lowest BCUT2D eigenvalue weighted by molar-refractivity contribution is -0.383. The van der Waals surface area contributed by atoms with Crippen molar-refractivity contribution in [2.75, 3.05) is 37.0 Å². The number of nitrogens with zero attached hydrogens (tertiary/aromatic N) is 5.